The quantitative estimate of drug-likeness (QED) is 0.642. The van der Waals surface area contributed by atoms with Crippen LogP contribution in [0.3, 0.4) is 0 Å². The highest BCUT2D eigenvalue weighted by molar-refractivity contribution is 5.62. The highest BCUT2D eigenvalue weighted by Crippen LogP contribution is 2.35. The van der Waals surface area contributed by atoms with E-state index < -0.39 is 0 Å². The van der Waals surface area contributed by atoms with Gasteiger partial charge < -0.3 is 15.1 Å². The van der Waals surface area contributed by atoms with Crippen LogP contribution < -0.4 is 15.3 Å². The molecule has 3 heterocycles. The van der Waals surface area contributed by atoms with Crippen molar-refractivity contribution in [3.8, 4) is 6.07 Å². The van der Waals surface area contributed by atoms with Crippen LogP contribution in [0.2, 0.25) is 0 Å². The molecule has 168 valence electrons. The summed E-state index contributed by atoms with van der Waals surface area (Å²) >= 11 is 0. The molecule has 2 fully saturated rings. The van der Waals surface area contributed by atoms with Gasteiger partial charge in [-0.3, -0.25) is 4.84 Å². The van der Waals surface area contributed by atoms with Gasteiger partial charge in [0.1, 0.15) is 11.6 Å². The lowest BCUT2D eigenvalue weighted by Gasteiger charge is -2.34. The highest BCUT2D eigenvalue weighted by Gasteiger charge is 2.31. The van der Waals surface area contributed by atoms with E-state index in [2.05, 4.69) is 62.5 Å². The van der Waals surface area contributed by atoms with Crippen LogP contribution in [0.5, 0.6) is 0 Å². The molecule has 1 aromatic heterocycles. The summed E-state index contributed by atoms with van der Waals surface area (Å²) < 4.78 is 0. The van der Waals surface area contributed by atoms with Gasteiger partial charge in [0.2, 0.25) is 5.95 Å². The number of piperazine rings is 1. The van der Waals surface area contributed by atoms with Crippen molar-refractivity contribution in [3.63, 3.8) is 0 Å². The average molecular weight is 442 g/mol. The Hall–Kier alpha value is -3.67. The summed E-state index contributed by atoms with van der Waals surface area (Å²) in [5.74, 6) is 0.911. The first-order valence-electron chi connectivity index (χ1n) is 11.3. The summed E-state index contributed by atoms with van der Waals surface area (Å²) in [6.45, 7) is 4.79. The topological polar surface area (TPSA) is 80.5 Å². The van der Waals surface area contributed by atoms with Crippen molar-refractivity contribution in [2.75, 3.05) is 55.1 Å². The van der Waals surface area contributed by atoms with Gasteiger partial charge in [0.05, 0.1) is 18.8 Å². The number of hydroxylamine groups is 1. The smallest absolute Gasteiger partial charge is 0.229 e. The molecule has 0 unspecified atom stereocenters. The van der Waals surface area contributed by atoms with Gasteiger partial charge in [-0.2, -0.15) is 10.2 Å². The molecule has 0 aliphatic carbocycles. The van der Waals surface area contributed by atoms with Gasteiger partial charge in [-0.15, -0.1) is 0 Å². The first kappa shape index (κ1) is 21.2. The predicted molar refractivity (Wildman–Crippen MR) is 128 cm³/mol. The minimum absolute atomic E-state index is 0.00363. The zero-order valence-corrected chi connectivity index (χ0v) is 18.7. The SMILES string of the molecule is CN1CCN(c2ccc(Nc3ncc(C#N)c(N4OCC[C@H]4c4ccccc4)n3)cc2)CC1. The molecule has 5 rings (SSSR count). The first-order chi connectivity index (χ1) is 16.2. The molecular weight excluding hydrogens is 414 g/mol. The van der Waals surface area contributed by atoms with E-state index in [9.17, 15) is 5.26 Å². The molecule has 1 N–H and O–H groups in total. The second kappa shape index (κ2) is 9.45. The lowest BCUT2D eigenvalue weighted by atomic mass is 10.0. The molecule has 0 bridgehead atoms. The Bertz CT molecular complexity index is 1120. The van der Waals surface area contributed by atoms with E-state index in [-0.39, 0.29) is 6.04 Å². The number of nitriles is 1. The number of hydrogen-bond acceptors (Lipinski definition) is 8. The van der Waals surface area contributed by atoms with E-state index in [0.717, 1.165) is 43.9 Å². The number of rotatable bonds is 5. The maximum atomic E-state index is 9.65. The fourth-order valence-electron chi connectivity index (χ4n) is 4.29. The van der Waals surface area contributed by atoms with Gasteiger partial charge in [0.25, 0.3) is 0 Å². The molecule has 2 aliphatic heterocycles. The standard InChI is InChI=1S/C25H27N7O/c1-30-12-14-31(15-13-30)22-9-7-21(8-10-22)28-25-27-18-20(17-26)24(29-25)32-23(11-16-33-32)19-5-3-2-4-6-19/h2-10,18,23H,11-16H2,1H3,(H,27,28,29)/t23-/m0/s1. The molecule has 0 spiro atoms. The fourth-order valence-corrected chi connectivity index (χ4v) is 4.29. The minimum atomic E-state index is 0.00363. The van der Waals surface area contributed by atoms with Gasteiger partial charge in [-0.1, -0.05) is 30.3 Å². The van der Waals surface area contributed by atoms with E-state index >= 15 is 0 Å². The Labute approximate surface area is 194 Å². The third-order valence-corrected chi connectivity index (χ3v) is 6.18. The van der Waals surface area contributed by atoms with Gasteiger partial charge in [0.15, 0.2) is 5.82 Å². The molecule has 2 saturated heterocycles. The van der Waals surface area contributed by atoms with Crippen LogP contribution >= 0.6 is 0 Å². The van der Waals surface area contributed by atoms with Crippen molar-refractivity contribution < 1.29 is 4.84 Å². The summed E-state index contributed by atoms with van der Waals surface area (Å²) in [7, 11) is 2.16. The Morgan fingerprint density at radius 1 is 1.03 bits per heavy atom. The molecular formula is C25H27N7O. The number of anilines is 4. The highest BCUT2D eigenvalue weighted by atomic mass is 16.7. The van der Waals surface area contributed by atoms with Crippen molar-refractivity contribution >= 4 is 23.1 Å². The average Bonchev–Trinajstić information content (AvgIpc) is 3.35. The number of benzene rings is 2. The van der Waals surface area contributed by atoms with Crippen LogP contribution in [0.1, 0.15) is 23.6 Å². The van der Waals surface area contributed by atoms with E-state index in [1.807, 2.05) is 30.3 Å². The molecule has 33 heavy (non-hydrogen) atoms. The number of likely N-dealkylation sites (N-methyl/N-ethyl adjacent to an activating group) is 1. The van der Waals surface area contributed by atoms with Crippen LogP contribution in [0.25, 0.3) is 0 Å². The van der Waals surface area contributed by atoms with Crippen molar-refractivity contribution in [3.05, 3.63) is 71.9 Å². The Balaban J connectivity index is 1.35. The summed E-state index contributed by atoms with van der Waals surface area (Å²) in [6.07, 6.45) is 2.38. The van der Waals surface area contributed by atoms with Crippen LogP contribution in [0.4, 0.5) is 23.1 Å². The summed E-state index contributed by atoms with van der Waals surface area (Å²) in [4.78, 5) is 19.7. The minimum Gasteiger partial charge on any atom is -0.369 e. The molecule has 0 amide bonds. The van der Waals surface area contributed by atoms with Crippen molar-refractivity contribution in [2.24, 2.45) is 0 Å². The third kappa shape index (κ3) is 4.60. The second-order valence-corrected chi connectivity index (χ2v) is 8.38. The molecule has 0 radical (unpaired) electrons. The Morgan fingerprint density at radius 2 is 1.79 bits per heavy atom. The van der Waals surface area contributed by atoms with Gasteiger partial charge >= 0.3 is 0 Å². The van der Waals surface area contributed by atoms with Crippen LogP contribution in [0.15, 0.2) is 60.8 Å². The van der Waals surface area contributed by atoms with Crippen LogP contribution in [0, 0.1) is 11.3 Å². The van der Waals surface area contributed by atoms with E-state index in [1.54, 1.807) is 11.3 Å². The van der Waals surface area contributed by atoms with Crippen molar-refractivity contribution in [1.82, 2.24) is 14.9 Å². The van der Waals surface area contributed by atoms with Crippen LogP contribution in [-0.4, -0.2) is 54.7 Å². The Kier molecular flexibility index (Phi) is 6.07. The summed E-state index contributed by atoms with van der Waals surface area (Å²) in [6, 6.07) is 20.7. The number of nitrogens with one attached hydrogen (secondary N) is 1. The van der Waals surface area contributed by atoms with Gasteiger partial charge in [-0.25, -0.2) is 10.0 Å². The summed E-state index contributed by atoms with van der Waals surface area (Å²) in [5.41, 5.74) is 3.62. The lowest BCUT2D eigenvalue weighted by molar-refractivity contribution is 0.156. The maximum Gasteiger partial charge on any atom is 0.229 e. The maximum absolute atomic E-state index is 9.65. The third-order valence-electron chi connectivity index (χ3n) is 6.18. The lowest BCUT2D eigenvalue weighted by Crippen LogP contribution is -2.44. The van der Waals surface area contributed by atoms with Crippen molar-refractivity contribution in [2.45, 2.75) is 12.5 Å². The molecule has 8 nitrogen and oxygen atoms in total. The molecule has 8 heteroatoms. The second-order valence-electron chi connectivity index (χ2n) is 8.38. The van der Waals surface area contributed by atoms with E-state index in [1.165, 1.54) is 5.69 Å². The summed E-state index contributed by atoms with van der Waals surface area (Å²) in [5, 5.41) is 14.7. The Morgan fingerprint density at radius 3 is 2.52 bits per heavy atom. The molecule has 2 aliphatic rings. The number of aromatic nitrogens is 2. The largest absolute Gasteiger partial charge is 0.369 e. The van der Waals surface area contributed by atoms with E-state index in [4.69, 9.17) is 4.84 Å². The zero-order valence-electron chi connectivity index (χ0n) is 18.7. The van der Waals surface area contributed by atoms with Crippen LogP contribution in [-0.2, 0) is 4.84 Å². The van der Waals surface area contributed by atoms with Gasteiger partial charge in [-0.05, 0) is 36.9 Å². The predicted octanol–water partition coefficient (Wildman–Crippen LogP) is 3.73. The molecule has 3 aromatic rings. The zero-order chi connectivity index (χ0) is 22.6. The molecule has 2 aromatic carbocycles. The number of nitrogens with zero attached hydrogens (tertiary/aromatic N) is 6. The molecule has 1 atom stereocenters. The van der Waals surface area contributed by atoms with E-state index in [0.29, 0.717) is 23.9 Å². The first-order valence-corrected chi connectivity index (χ1v) is 11.3. The fraction of sp³-hybridized carbons (Fsp3) is 0.320. The number of hydrogen-bond donors (Lipinski definition) is 1. The normalized spacial score (nSPS) is 18.8. The molecule has 0 saturated carbocycles. The van der Waals surface area contributed by atoms with Crippen molar-refractivity contribution in [1.29, 1.82) is 5.26 Å². The monoisotopic (exact) mass is 441 g/mol. The van der Waals surface area contributed by atoms with Gasteiger partial charge in [0, 0.05) is 44.0 Å².